The number of rotatable bonds is 2. The lowest BCUT2D eigenvalue weighted by Crippen LogP contribution is -1.94. The Bertz CT molecular complexity index is 591. The molecule has 0 atom stereocenters. The molecule has 1 aliphatic rings. The number of hydrogen-bond donors (Lipinski definition) is 0. The molecule has 2 aromatic rings. The van der Waals surface area contributed by atoms with E-state index >= 15 is 0 Å². The van der Waals surface area contributed by atoms with Gasteiger partial charge in [-0.15, -0.1) is 5.10 Å². The van der Waals surface area contributed by atoms with Crippen LogP contribution in [0.15, 0.2) is 24.3 Å². The van der Waals surface area contributed by atoms with Gasteiger partial charge in [0.1, 0.15) is 5.69 Å². The molecule has 0 saturated heterocycles. The molecule has 1 aliphatic heterocycles. The number of nitro groups is 1. The van der Waals surface area contributed by atoms with E-state index in [0.717, 1.165) is 25.1 Å². The van der Waals surface area contributed by atoms with E-state index in [1.54, 1.807) is 18.2 Å². The van der Waals surface area contributed by atoms with Gasteiger partial charge in [-0.2, -0.15) is 0 Å². The Kier molecular flexibility index (Phi) is 2.14. The first-order valence-corrected chi connectivity index (χ1v) is 5.43. The third-order valence-electron chi connectivity index (χ3n) is 2.98. The minimum atomic E-state index is -0.379. The Morgan fingerprint density at radius 1 is 1.35 bits per heavy atom. The van der Waals surface area contributed by atoms with Gasteiger partial charge in [0.25, 0.3) is 5.69 Å². The zero-order valence-corrected chi connectivity index (χ0v) is 9.04. The van der Waals surface area contributed by atoms with Crippen molar-refractivity contribution in [1.29, 1.82) is 0 Å². The van der Waals surface area contributed by atoms with Crippen LogP contribution in [-0.4, -0.2) is 19.9 Å². The van der Waals surface area contributed by atoms with Crippen molar-refractivity contribution in [3.8, 4) is 11.3 Å². The maximum atomic E-state index is 11.0. The molecule has 0 saturated carbocycles. The van der Waals surface area contributed by atoms with Gasteiger partial charge in [-0.3, -0.25) is 10.1 Å². The molecule has 17 heavy (non-hydrogen) atoms. The van der Waals surface area contributed by atoms with Crippen LogP contribution in [0.3, 0.4) is 0 Å². The van der Waals surface area contributed by atoms with Gasteiger partial charge in [-0.25, -0.2) is 4.68 Å². The molecule has 0 fully saturated rings. The predicted molar refractivity (Wildman–Crippen MR) is 60.4 cm³/mol. The molecule has 0 spiro atoms. The average molecular weight is 230 g/mol. The van der Waals surface area contributed by atoms with Gasteiger partial charge in [0.15, 0.2) is 0 Å². The van der Waals surface area contributed by atoms with Crippen LogP contribution in [0.1, 0.15) is 12.1 Å². The van der Waals surface area contributed by atoms with Gasteiger partial charge in [-0.1, -0.05) is 17.3 Å². The van der Waals surface area contributed by atoms with Crippen molar-refractivity contribution in [2.45, 2.75) is 19.4 Å². The maximum absolute atomic E-state index is 11.0. The molecule has 0 unspecified atom stereocenters. The van der Waals surface area contributed by atoms with E-state index in [-0.39, 0.29) is 10.6 Å². The fourth-order valence-electron chi connectivity index (χ4n) is 2.20. The summed E-state index contributed by atoms with van der Waals surface area (Å²) in [6, 6.07) is 6.66. The molecule has 0 radical (unpaired) electrons. The van der Waals surface area contributed by atoms with Crippen LogP contribution in [0.4, 0.5) is 5.69 Å². The van der Waals surface area contributed by atoms with Crippen molar-refractivity contribution in [3.05, 3.63) is 40.1 Å². The lowest BCUT2D eigenvalue weighted by Gasteiger charge is -2.00. The SMILES string of the molecule is O=[N+]([O-])c1ccccc1-c1nnn2c1CCC2. The third-order valence-corrected chi connectivity index (χ3v) is 2.98. The van der Waals surface area contributed by atoms with Gasteiger partial charge in [-0.05, 0) is 18.9 Å². The lowest BCUT2D eigenvalue weighted by molar-refractivity contribution is -0.384. The number of nitro benzene ring substituents is 1. The molecule has 0 amide bonds. The maximum Gasteiger partial charge on any atom is 0.278 e. The first kappa shape index (κ1) is 9.95. The zero-order valence-electron chi connectivity index (χ0n) is 9.04. The Morgan fingerprint density at radius 2 is 2.18 bits per heavy atom. The summed E-state index contributed by atoms with van der Waals surface area (Å²) in [5, 5.41) is 19.0. The Hall–Kier alpha value is -2.24. The fraction of sp³-hybridized carbons (Fsp3) is 0.273. The van der Waals surface area contributed by atoms with Gasteiger partial charge in [0.05, 0.1) is 16.2 Å². The number of aromatic nitrogens is 3. The lowest BCUT2D eigenvalue weighted by atomic mass is 10.1. The Morgan fingerprint density at radius 3 is 3.00 bits per heavy atom. The van der Waals surface area contributed by atoms with Crippen molar-refractivity contribution >= 4 is 5.69 Å². The van der Waals surface area contributed by atoms with Crippen molar-refractivity contribution < 1.29 is 4.92 Å². The molecule has 3 rings (SSSR count). The van der Waals surface area contributed by atoms with Gasteiger partial charge in [0, 0.05) is 12.6 Å². The summed E-state index contributed by atoms with van der Waals surface area (Å²) in [6.07, 6.45) is 1.91. The quantitative estimate of drug-likeness (QED) is 0.582. The summed E-state index contributed by atoms with van der Waals surface area (Å²) >= 11 is 0. The van der Waals surface area contributed by atoms with Crippen molar-refractivity contribution in [2.75, 3.05) is 0 Å². The number of fused-ring (bicyclic) bond motifs is 1. The van der Waals surface area contributed by atoms with Crippen LogP contribution < -0.4 is 0 Å². The topological polar surface area (TPSA) is 73.8 Å². The van der Waals surface area contributed by atoms with Gasteiger partial charge >= 0.3 is 0 Å². The molecule has 0 bridgehead atoms. The van der Waals surface area contributed by atoms with E-state index in [4.69, 9.17) is 0 Å². The first-order chi connectivity index (χ1) is 8.27. The smallest absolute Gasteiger partial charge is 0.258 e. The second kappa shape index (κ2) is 3.65. The summed E-state index contributed by atoms with van der Waals surface area (Å²) in [7, 11) is 0. The monoisotopic (exact) mass is 230 g/mol. The number of nitrogens with zero attached hydrogens (tertiary/aromatic N) is 4. The second-order valence-electron chi connectivity index (χ2n) is 3.99. The van der Waals surface area contributed by atoms with E-state index in [9.17, 15) is 10.1 Å². The largest absolute Gasteiger partial charge is 0.278 e. The van der Waals surface area contributed by atoms with Crippen LogP contribution in [0.25, 0.3) is 11.3 Å². The highest BCUT2D eigenvalue weighted by molar-refractivity contribution is 5.72. The fourth-order valence-corrected chi connectivity index (χ4v) is 2.20. The van der Waals surface area contributed by atoms with Crippen LogP contribution >= 0.6 is 0 Å². The summed E-state index contributed by atoms with van der Waals surface area (Å²) in [5.41, 5.74) is 2.29. The molecular weight excluding hydrogens is 220 g/mol. The summed E-state index contributed by atoms with van der Waals surface area (Å²) in [5.74, 6) is 0. The van der Waals surface area contributed by atoms with Gasteiger partial charge in [0.2, 0.25) is 0 Å². The predicted octanol–water partition coefficient (Wildman–Crippen LogP) is 1.80. The van der Waals surface area contributed by atoms with Crippen LogP contribution in [0.2, 0.25) is 0 Å². The first-order valence-electron chi connectivity index (χ1n) is 5.43. The summed E-state index contributed by atoms with van der Waals surface area (Å²) < 4.78 is 1.83. The summed E-state index contributed by atoms with van der Waals surface area (Å²) in [4.78, 5) is 10.6. The van der Waals surface area contributed by atoms with E-state index in [0.29, 0.717) is 11.3 Å². The van der Waals surface area contributed by atoms with E-state index < -0.39 is 0 Å². The molecule has 0 aliphatic carbocycles. The highest BCUT2D eigenvalue weighted by Crippen LogP contribution is 2.32. The van der Waals surface area contributed by atoms with Crippen LogP contribution in [-0.2, 0) is 13.0 Å². The molecular formula is C11H10N4O2. The van der Waals surface area contributed by atoms with E-state index in [1.807, 2.05) is 4.68 Å². The molecule has 1 aromatic carbocycles. The Labute approximate surface area is 97.0 Å². The highest BCUT2D eigenvalue weighted by Gasteiger charge is 2.24. The second-order valence-corrected chi connectivity index (χ2v) is 3.99. The summed E-state index contributed by atoms with van der Waals surface area (Å²) in [6.45, 7) is 0.850. The van der Waals surface area contributed by atoms with E-state index in [2.05, 4.69) is 10.3 Å². The van der Waals surface area contributed by atoms with Crippen molar-refractivity contribution in [1.82, 2.24) is 15.0 Å². The molecule has 6 heteroatoms. The number of benzene rings is 1. The van der Waals surface area contributed by atoms with Crippen LogP contribution in [0.5, 0.6) is 0 Å². The number of hydrogen-bond acceptors (Lipinski definition) is 4. The average Bonchev–Trinajstić information content (AvgIpc) is 2.90. The Balaban J connectivity index is 2.18. The molecule has 1 aromatic heterocycles. The molecule has 0 N–H and O–H groups in total. The van der Waals surface area contributed by atoms with Crippen molar-refractivity contribution in [2.24, 2.45) is 0 Å². The minimum Gasteiger partial charge on any atom is -0.258 e. The highest BCUT2D eigenvalue weighted by atomic mass is 16.6. The van der Waals surface area contributed by atoms with Crippen molar-refractivity contribution in [3.63, 3.8) is 0 Å². The molecule has 86 valence electrons. The number of aryl methyl sites for hydroxylation is 1. The normalized spacial score (nSPS) is 13.6. The minimum absolute atomic E-state index is 0.0858. The molecule has 6 nitrogen and oxygen atoms in total. The van der Waals surface area contributed by atoms with E-state index in [1.165, 1.54) is 6.07 Å². The zero-order chi connectivity index (χ0) is 11.8. The van der Waals surface area contributed by atoms with Crippen LogP contribution in [0, 0.1) is 10.1 Å². The standard InChI is InChI=1S/C11H10N4O2/c16-15(17)9-5-2-1-4-8(9)11-10-6-3-7-14(10)13-12-11/h1-2,4-5H,3,6-7H2. The number of para-hydroxylation sites is 1. The molecule has 2 heterocycles. The van der Waals surface area contributed by atoms with Gasteiger partial charge < -0.3 is 0 Å². The third kappa shape index (κ3) is 1.49.